The van der Waals surface area contributed by atoms with Gasteiger partial charge in [0.05, 0.1) is 12.7 Å². The molecule has 1 heterocycles. The highest BCUT2D eigenvalue weighted by molar-refractivity contribution is 6.33. The highest BCUT2D eigenvalue weighted by Gasteiger charge is 2.51. The third kappa shape index (κ3) is 7.23. The number of nitrogens with zero attached hydrogens (tertiary/aromatic N) is 1. The van der Waals surface area contributed by atoms with Gasteiger partial charge in [0.15, 0.2) is 0 Å². The molecular formula is C35H44ClN3O4. The van der Waals surface area contributed by atoms with Crippen molar-refractivity contribution in [3.63, 3.8) is 0 Å². The number of alkyl carbamates (subject to hydrolysis) is 1. The number of piperidine rings is 1. The molecule has 7 nitrogen and oxygen atoms in total. The zero-order valence-electron chi connectivity index (χ0n) is 25.7. The minimum atomic E-state index is -1.36. The number of ether oxygens (including phenoxy) is 1. The van der Waals surface area contributed by atoms with E-state index in [1.165, 1.54) is 12.7 Å². The van der Waals surface area contributed by atoms with E-state index in [0.29, 0.717) is 43.1 Å². The van der Waals surface area contributed by atoms with Crippen LogP contribution in [0.15, 0.2) is 66.7 Å². The van der Waals surface area contributed by atoms with Gasteiger partial charge in [-0.15, -0.1) is 0 Å². The average molecular weight is 606 g/mol. The molecule has 0 radical (unpaired) electrons. The maximum atomic E-state index is 13.7. The predicted molar refractivity (Wildman–Crippen MR) is 172 cm³/mol. The van der Waals surface area contributed by atoms with Crippen molar-refractivity contribution in [1.82, 2.24) is 15.5 Å². The summed E-state index contributed by atoms with van der Waals surface area (Å²) in [6.07, 6.45) is 2.70. The second kappa shape index (κ2) is 14.4. The zero-order chi connectivity index (χ0) is 31.0. The average Bonchev–Trinajstić information content (AvgIpc) is 3.02. The Morgan fingerprint density at radius 2 is 1.84 bits per heavy atom. The molecule has 0 aromatic heterocycles. The molecule has 43 heavy (non-hydrogen) atoms. The largest absolute Gasteiger partial charge is 0.453 e. The molecule has 3 aromatic rings. The summed E-state index contributed by atoms with van der Waals surface area (Å²) >= 11 is 6.91. The first kappa shape index (κ1) is 32.5. The van der Waals surface area contributed by atoms with E-state index < -0.39 is 17.1 Å². The standard InChI is InChI=1S/C35H44ClN3O4/c1-5-25-10-6-11-28(22-25)31-29(12-7-13-30(31)36)35(42,19-8-20-38-33(41)43-4)34(2)18-9-21-39(24-34)32(40)27-16-14-26(15-17-27)23-37-3/h6-7,10-17,22,37,42H,5,8-9,18-21,23-24H2,1-4H3,(H,38,41)/t34-,35?/m1/s1. The fraction of sp³-hybridized carbons (Fsp3) is 0.429. The summed E-state index contributed by atoms with van der Waals surface area (Å²) in [5.74, 6) is -0.0430. The number of aliphatic hydroxyl groups is 1. The summed E-state index contributed by atoms with van der Waals surface area (Å²) in [4.78, 5) is 27.4. The number of amides is 2. The van der Waals surface area contributed by atoms with Crippen molar-refractivity contribution >= 4 is 23.6 Å². The number of aryl methyl sites for hydroxylation is 1. The predicted octanol–water partition coefficient (Wildman–Crippen LogP) is 6.56. The van der Waals surface area contributed by atoms with Gasteiger partial charge in [-0.3, -0.25) is 4.79 Å². The van der Waals surface area contributed by atoms with Crippen molar-refractivity contribution in [2.45, 2.75) is 58.1 Å². The van der Waals surface area contributed by atoms with Crippen molar-refractivity contribution in [2.75, 3.05) is 33.8 Å². The Morgan fingerprint density at radius 1 is 1.09 bits per heavy atom. The minimum absolute atomic E-state index is 0.0430. The number of carbonyl (C=O) groups excluding carboxylic acids is 2. The van der Waals surface area contributed by atoms with E-state index in [4.69, 9.17) is 16.3 Å². The Bertz CT molecular complexity index is 1410. The highest BCUT2D eigenvalue weighted by atomic mass is 35.5. The third-order valence-corrected chi connectivity index (χ3v) is 9.13. The topological polar surface area (TPSA) is 90.9 Å². The first-order valence-corrected chi connectivity index (χ1v) is 15.5. The van der Waals surface area contributed by atoms with Crippen LogP contribution in [0.2, 0.25) is 5.02 Å². The first-order chi connectivity index (χ1) is 20.7. The molecule has 0 saturated carbocycles. The van der Waals surface area contributed by atoms with E-state index in [1.807, 2.05) is 66.5 Å². The number of halogens is 1. The number of hydrogen-bond acceptors (Lipinski definition) is 5. The van der Waals surface area contributed by atoms with Crippen LogP contribution < -0.4 is 10.6 Å². The highest BCUT2D eigenvalue weighted by Crippen LogP contribution is 2.52. The maximum absolute atomic E-state index is 13.7. The van der Waals surface area contributed by atoms with Crippen LogP contribution in [-0.4, -0.2) is 55.8 Å². The maximum Gasteiger partial charge on any atom is 0.406 e. The van der Waals surface area contributed by atoms with Gasteiger partial charge in [0.2, 0.25) is 0 Å². The van der Waals surface area contributed by atoms with E-state index >= 15 is 0 Å². The Morgan fingerprint density at radius 3 is 2.53 bits per heavy atom. The van der Waals surface area contributed by atoms with Crippen LogP contribution in [0.1, 0.15) is 66.6 Å². The molecule has 8 heteroatoms. The van der Waals surface area contributed by atoms with Crippen LogP contribution in [0.25, 0.3) is 11.1 Å². The van der Waals surface area contributed by atoms with Gasteiger partial charge in [-0.2, -0.15) is 0 Å². The summed E-state index contributed by atoms with van der Waals surface area (Å²) in [5.41, 5.74) is 3.35. The Labute approximate surface area is 260 Å². The van der Waals surface area contributed by atoms with E-state index in [2.05, 4.69) is 36.6 Å². The fourth-order valence-corrected chi connectivity index (χ4v) is 6.66. The molecule has 1 saturated heterocycles. The summed E-state index contributed by atoms with van der Waals surface area (Å²) in [5, 5.41) is 19.4. The molecule has 2 amide bonds. The van der Waals surface area contributed by atoms with Gasteiger partial charge in [-0.05, 0) is 79.6 Å². The molecule has 1 fully saturated rings. The number of likely N-dealkylation sites (tertiary alicyclic amines) is 1. The molecule has 1 aliphatic heterocycles. The van der Waals surface area contributed by atoms with Gasteiger partial charge < -0.3 is 25.4 Å². The Balaban J connectivity index is 1.74. The number of benzene rings is 3. The molecule has 4 rings (SSSR count). The molecule has 0 aliphatic carbocycles. The lowest BCUT2D eigenvalue weighted by molar-refractivity contribution is -0.116. The molecule has 1 unspecified atom stereocenters. The van der Waals surface area contributed by atoms with Gasteiger partial charge in [-0.25, -0.2) is 4.79 Å². The van der Waals surface area contributed by atoms with Gasteiger partial charge in [0, 0.05) is 47.7 Å². The van der Waals surface area contributed by atoms with Crippen LogP contribution >= 0.6 is 11.6 Å². The molecule has 3 N–H and O–H groups in total. The summed E-state index contributed by atoms with van der Waals surface area (Å²) < 4.78 is 4.74. The van der Waals surface area contributed by atoms with Crippen LogP contribution in [-0.2, 0) is 23.3 Å². The lowest BCUT2D eigenvalue weighted by atomic mass is 9.62. The van der Waals surface area contributed by atoms with Crippen molar-refractivity contribution in [2.24, 2.45) is 5.41 Å². The van der Waals surface area contributed by atoms with E-state index in [1.54, 1.807) is 0 Å². The molecule has 3 aromatic carbocycles. The lowest BCUT2D eigenvalue weighted by Crippen LogP contribution is -2.55. The second-order valence-electron chi connectivity index (χ2n) is 11.7. The van der Waals surface area contributed by atoms with Gasteiger partial charge in [0.1, 0.15) is 0 Å². The van der Waals surface area contributed by atoms with E-state index in [-0.39, 0.29) is 5.91 Å². The fourth-order valence-electron chi connectivity index (χ4n) is 6.38. The molecular weight excluding hydrogens is 562 g/mol. The summed E-state index contributed by atoms with van der Waals surface area (Å²) in [6.45, 7) is 6.26. The quantitative estimate of drug-likeness (QED) is 0.216. The summed E-state index contributed by atoms with van der Waals surface area (Å²) in [7, 11) is 3.23. The van der Waals surface area contributed by atoms with Crippen LogP contribution in [0, 0.1) is 5.41 Å². The van der Waals surface area contributed by atoms with Gasteiger partial charge in [-0.1, -0.05) is 74.0 Å². The Hall–Kier alpha value is -3.39. The van der Waals surface area contributed by atoms with Crippen molar-refractivity contribution < 1.29 is 19.4 Å². The number of rotatable bonds is 11. The molecule has 0 spiro atoms. The molecule has 0 bridgehead atoms. The van der Waals surface area contributed by atoms with Crippen LogP contribution in [0.3, 0.4) is 0 Å². The van der Waals surface area contributed by atoms with Crippen molar-refractivity contribution in [1.29, 1.82) is 0 Å². The van der Waals surface area contributed by atoms with Crippen molar-refractivity contribution in [3.8, 4) is 11.1 Å². The van der Waals surface area contributed by atoms with Crippen LogP contribution in [0.4, 0.5) is 4.79 Å². The number of carbonyl (C=O) groups is 2. The monoisotopic (exact) mass is 605 g/mol. The Kier molecular flexibility index (Phi) is 10.9. The SMILES string of the molecule is CCc1cccc(-c2c(Cl)cccc2C(O)(CCCNC(=O)OC)[C@]2(C)CCCN(C(=O)c3ccc(CNC)cc3)C2)c1. The lowest BCUT2D eigenvalue weighted by Gasteiger charge is -2.51. The second-order valence-corrected chi connectivity index (χ2v) is 12.1. The molecule has 1 aliphatic rings. The minimum Gasteiger partial charge on any atom is -0.453 e. The van der Waals surface area contributed by atoms with E-state index in [9.17, 15) is 14.7 Å². The number of hydrogen-bond donors (Lipinski definition) is 3. The van der Waals surface area contributed by atoms with Crippen LogP contribution in [0.5, 0.6) is 0 Å². The van der Waals surface area contributed by atoms with Crippen molar-refractivity contribution in [3.05, 3.63) is 94.0 Å². The number of methoxy groups -OCH3 is 1. The zero-order valence-corrected chi connectivity index (χ0v) is 26.5. The first-order valence-electron chi connectivity index (χ1n) is 15.1. The van der Waals surface area contributed by atoms with Gasteiger partial charge in [0.25, 0.3) is 5.91 Å². The third-order valence-electron chi connectivity index (χ3n) is 8.82. The van der Waals surface area contributed by atoms with Gasteiger partial charge >= 0.3 is 6.09 Å². The molecule has 230 valence electrons. The smallest absolute Gasteiger partial charge is 0.406 e. The normalized spacial score (nSPS) is 18.1. The van der Waals surface area contributed by atoms with E-state index in [0.717, 1.165) is 48.1 Å². The summed E-state index contributed by atoms with van der Waals surface area (Å²) in [6, 6.07) is 21.6. The number of nitrogens with one attached hydrogen (secondary N) is 2. The molecule has 2 atom stereocenters.